The summed E-state index contributed by atoms with van der Waals surface area (Å²) in [6.07, 6.45) is 0. The average Bonchev–Trinajstić information content (AvgIpc) is 2.97. The number of carbonyl (C=O) groups excluding carboxylic acids is 1. The molecular weight excluding hydrogens is 303 g/mol. The Labute approximate surface area is 131 Å². The van der Waals surface area contributed by atoms with Gasteiger partial charge in [-0.25, -0.2) is 9.37 Å². The monoisotopic (exact) mass is 318 g/mol. The SMILES string of the molecule is Cc1nc(NCC(=O)c2oc3ccc(F)cc3c2C)sc1C. The van der Waals surface area contributed by atoms with E-state index in [9.17, 15) is 9.18 Å². The third kappa shape index (κ3) is 2.62. The lowest BCUT2D eigenvalue weighted by Crippen LogP contribution is -2.14. The molecule has 1 N–H and O–H groups in total. The van der Waals surface area contributed by atoms with Crippen LogP contribution in [0, 0.1) is 26.6 Å². The van der Waals surface area contributed by atoms with E-state index >= 15 is 0 Å². The smallest absolute Gasteiger partial charge is 0.217 e. The number of halogens is 1. The van der Waals surface area contributed by atoms with Gasteiger partial charge in [-0.3, -0.25) is 4.79 Å². The van der Waals surface area contributed by atoms with E-state index < -0.39 is 0 Å². The Morgan fingerprint density at radius 2 is 2.14 bits per heavy atom. The Morgan fingerprint density at radius 1 is 1.36 bits per heavy atom. The molecule has 3 rings (SSSR count). The van der Waals surface area contributed by atoms with Crippen LogP contribution in [0.2, 0.25) is 0 Å². The Balaban J connectivity index is 1.81. The first-order chi connectivity index (χ1) is 10.5. The number of thiazole rings is 1. The molecule has 2 heterocycles. The first-order valence-corrected chi connectivity index (χ1v) is 7.67. The number of carbonyl (C=O) groups is 1. The van der Waals surface area contributed by atoms with Crippen LogP contribution >= 0.6 is 11.3 Å². The van der Waals surface area contributed by atoms with Gasteiger partial charge in [0, 0.05) is 15.8 Å². The molecular formula is C16H15FN2O2S. The number of hydrogen-bond donors (Lipinski definition) is 1. The largest absolute Gasteiger partial charge is 0.453 e. The molecule has 0 fully saturated rings. The van der Waals surface area contributed by atoms with Crippen molar-refractivity contribution < 1.29 is 13.6 Å². The number of fused-ring (bicyclic) bond motifs is 1. The molecule has 22 heavy (non-hydrogen) atoms. The van der Waals surface area contributed by atoms with E-state index in [1.54, 1.807) is 6.92 Å². The molecule has 0 unspecified atom stereocenters. The maximum Gasteiger partial charge on any atom is 0.217 e. The van der Waals surface area contributed by atoms with Crippen LogP contribution in [0.5, 0.6) is 0 Å². The van der Waals surface area contributed by atoms with Crippen LogP contribution in [0.15, 0.2) is 22.6 Å². The van der Waals surface area contributed by atoms with Gasteiger partial charge in [0.15, 0.2) is 10.9 Å². The number of hydrogen-bond acceptors (Lipinski definition) is 5. The van der Waals surface area contributed by atoms with Gasteiger partial charge in [-0.05, 0) is 39.0 Å². The molecule has 0 spiro atoms. The maximum atomic E-state index is 13.3. The Morgan fingerprint density at radius 3 is 2.82 bits per heavy atom. The molecule has 0 aliphatic rings. The molecule has 0 bridgehead atoms. The second-order valence-electron chi connectivity index (χ2n) is 5.13. The van der Waals surface area contributed by atoms with Crippen LogP contribution in [0.1, 0.15) is 26.7 Å². The maximum absolute atomic E-state index is 13.3. The number of rotatable bonds is 4. The number of aryl methyl sites for hydroxylation is 3. The summed E-state index contributed by atoms with van der Waals surface area (Å²) in [5, 5.41) is 4.35. The summed E-state index contributed by atoms with van der Waals surface area (Å²) in [5.41, 5.74) is 2.13. The average molecular weight is 318 g/mol. The molecule has 3 aromatic rings. The van der Waals surface area contributed by atoms with Crippen LogP contribution in [0.4, 0.5) is 9.52 Å². The minimum atomic E-state index is -0.345. The third-order valence-corrected chi connectivity index (χ3v) is 4.61. The number of ketones is 1. The number of anilines is 1. The van der Waals surface area contributed by atoms with Crippen molar-refractivity contribution in [3.05, 3.63) is 45.9 Å². The van der Waals surface area contributed by atoms with E-state index in [0.717, 1.165) is 10.6 Å². The van der Waals surface area contributed by atoms with Crippen LogP contribution in [-0.2, 0) is 0 Å². The van der Waals surface area contributed by atoms with Gasteiger partial charge in [0.2, 0.25) is 5.78 Å². The van der Waals surface area contributed by atoms with Crippen LogP contribution in [0.25, 0.3) is 11.0 Å². The molecule has 1 aromatic carbocycles. The predicted molar refractivity (Wildman–Crippen MR) is 85.3 cm³/mol. The van der Waals surface area contributed by atoms with Crippen molar-refractivity contribution >= 4 is 33.2 Å². The highest BCUT2D eigenvalue weighted by atomic mass is 32.1. The molecule has 0 saturated heterocycles. The van der Waals surface area contributed by atoms with E-state index in [0.29, 0.717) is 21.7 Å². The van der Waals surface area contributed by atoms with Gasteiger partial charge in [-0.2, -0.15) is 0 Å². The second-order valence-corrected chi connectivity index (χ2v) is 6.34. The van der Waals surface area contributed by atoms with Crippen LogP contribution < -0.4 is 5.32 Å². The van der Waals surface area contributed by atoms with E-state index in [4.69, 9.17) is 4.42 Å². The van der Waals surface area contributed by atoms with Crippen molar-refractivity contribution in [2.45, 2.75) is 20.8 Å². The van der Waals surface area contributed by atoms with E-state index in [1.165, 1.54) is 29.5 Å². The molecule has 0 atom stereocenters. The fourth-order valence-electron chi connectivity index (χ4n) is 2.24. The van der Waals surface area contributed by atoms with Gasteiger partial charge in [0.05, 0.1) is 12.2 Å². The quantitative estimate of drug-likeness (QED) is 0.731. The highest BCUT2D eigenvalue weighted by molar-refractivity contribution is 7.15. The molecule has 0 aliphatic heterocycles. The Bertz CT molecular complexity index is 847. The lowest BCUT2D eigenvalue weighted by Gasteiger charge is -2.00. The van der Waals surface area contributed by atoms with E-state index in [-0.39, 0.29) is 23.9 Å². The van der Waals surface area contributed by atoms with Crippen molar-refractivity contribution in [1.82, 2.24) is 4.98 Å². The van der Waals surface area contributed by atoms with Gasteiger partial charge in [0.25, 0.3) is 0 Å². The minimum Gasteiger partial charge on any atom is -0.453 e. The van der Waals surface area contributed by atoms with Gasteiger partial charge in [-0.15, -0.1) is 11.3 Å². The minimum absolute atomic E-state index is 0.0928. The molecule has 6 heteroatoms. The zero-order valence-corrected chi connectivity index (χ0v) is 13.3. The lowest BCUT2D eigenvalue weighted by atomic mass is 10.1. The Hall–Kier alpha value is -2.21. The van der Waals surface area contributed by atoms with Crippen molar-refractivity contribution in [2.24, 2.45) is 0 Å². The van der Waals surface area contributed by atoms with Gasteiger partial charge >= 0.3 is 0 Å². The van der Waals surface area contributed by atoms with Crippen molar-refractivity contribution in [2.75, 3.05) is 11.9 Å². The number of furan rings is 1. The molecule has 2 aromatic heterocycles. The van der Waals surface area contributed by atoms with Crippen LogP contribution in [0.3, 0.4) is 0 Å². The predicted octanol–water partition coefficient (Wildman–Crippen LogP) is 4.25. The molecule has 4 nitrogen and oxygen atoms in total. The fraction of sp³-hybridized carbons (Fsp3) is 0.250. The summed E-state index contributed by atoms with van der Waals surface area (Å²) in [4.78, 5) is 17.8. The molecule has 0 aliphatic carbocycles. The second kappa shape index (κ2) is 5.53. The summed E-state index contributed by atoms with van der Waals surface area (Å²) >= 11 is 1.51. The summed E-state index contributed by atoms with van der Waals surface area (Å²) in [7, 11) is 0. The highest BCUT2D eigenvalue weighted by Gasteiger charge is 2.18. The molecule has 0 saturated carbocycles. The summed E-state index contributed by atoms with van der Waals surface area (Å²) < 4.78 is 18.9. The fourth-order valence-corrected chi connectivity index (χ4v) is 3.05. The van der Waals surface area contributed by atoms with Crippen molar-refractivity contribution in [1.29, 1.82) is 0 Å². The highest BCUT2D eigenvalue weighted by Crippen LogP contribution is 2.27. The van der Waals surface area contributed by atoms with Crippen molar-refractivity contribution in [3.63, 3.8) is 0 Å². The topological polar surface area (TPSA) is 55.1 Å². The van der Waals surface area contributed by atoms with Crippen molar-refractivity contribution in [3.8, 4) is 0 Å². The number of benzene rings is 1. The molecule has 0 amide bonds. The first kappa shape index (κ1) is 14.7. The normalized spacial score (nSPS) is 11.1. The zero-order chi connectivity index (χ0) is 15.9. The molecule has 114 valence electrons. The number of nitrogens with one attached hydrogen (secondary N) is 1. The summed E-state index contributed by atoms with van der Waals surface area (Å²) in [6, 6.07) is 4.24. The van der Waals surface area contributed by atoms with Gasteiger partial charge in [0.1, 0.15) is 11.4 Å². The van der Waals surface area contributed by atoms with E-state index in [1.807, 2.05) is 13.8 Å². The number of Topliss-reactive ketones (excluding diaryl/α,β-unsaturated/α-hetero) is 1. The standard InChI is InChI=1S/C16H15FN2O2S/c1-8-12-6-11(17)4-5-14(12)21-15(8)13(20)7-18-16-19-9(2)10(3)22-16/h4-6H,7H2,1-3H3,(H,18,19). The number of nitrogens with zero attached hydrogens (tertiary/aromatic N) is 1. The first-order valence-electron chi connectivity index (χ1n) is 6.85. The van der Waals surface area contributed by atoms with Gasteiger partial charge < -0.3 is 9.73 Å². The zero-order valence-electron chi connectivity index (χ0n) is 12.5. The van der Waals surface area contributed by atoms with Crippen LogP contribution in [-0.4, -0.2) is 17.3 Å². The molecule has 0 radical (unpaired) electrons. The lowest BCUT2D eigenvalue weighted by molar-refractivity contribution is 0.0981. The summed E-state index contributed by atoms with van der Waals surface area (Å²) in [6.45, 7) is 5.76. The van der Waals surface area contributed by atoms with Gasteiger partial charge in [-0.1, -0.05) is 0 Å². The third-order valence-electron chi connectivity index (χ3n) is 3.58. The number of aromatic nitrogens is 1. The van der Waals surface area contributed by atoms with E-state index in [2.05, 4.69) is 10.3 Å². The Kier molecular flexibility index (Phi) is 3.70. The summed E-state index contributed by atoms with van der Waals surface area (Å²) in [5.74, 6) is -0.264.